The Hall–Kier alpha value is -1.01. The first-order valence-corrected chi connectivity index (χ1v) is 6.31. The van der Waals surface area contributed by atoms with Gasteiger partial charge < -0.3 is 4.90 Å². The Morgan fingerprint density at radius 3 is 3.00 bits per heavy atom. The Labute approximate surface area is 98.4 Å². The molecular weight excluding hydrogens is 224 g/mol. The zero-order chi connectivity index (χ0) is 11.1. The van der Waals surface area contributed by atoms with Gasteiger partial charge in [0.15, 0.2) is 5.69 Å². The summed E-state index contributed by atoms with van der Waals surface area (Å²) < 4.78 is 8.17. The van der Waals surface area contributed by atoms with Gasteiger partial charge in [-0.2, -0.15) is 8.75 Å². The van der Waals surface area contributed by atoms with Gasteiger partial charge in [0.2, 0.25) is 0 Å². The molecule has 3 rings (SSSR count). The SMILES string of the molecule is Cc1nsnc1C(=O)N1CCN2CCC1C2. The lowest BCUT2D eigenvalue weighted by Crippen LogP contribution is -2.49. The number of hydrogen-bond donors (Lipinski definition) is 0. The average molecular weight is 238 g/mol. The first-order chi connectivity index (χ1) is 7.75. The molecule has 2 bridgehead atoms. The molecule has 6 heteroatoms. The highest BCUT2D eigenvalue weighted by Gasteiger charge is 2.36. The van der Waals surface area contributed by atoms with Crippen molar-refractivity contribution < 1.29 is 4.79 Å². The van der Waals surface area contributed by atoms with Crippen molar-refractivity contribution in [3.63, 3.8) is 0 Å². The molecule has 1 aromatic heterocycles. The number of hydrogen-bond acceptors (Lipinski definition) is 5. The lowest BCUT2D eigenvalue weighted by atomic mass is 10.1. The van der Waals surface area contributed by atoms with E-state index in [1.54, 1.807) is 0 Å². The van der Waals surface area contributed by atoms with Crippen LogP contribution in [0.5, 0.6) is 0 Å². The molecular formula is C10H14N4OS. The summed E-state index contributed by atoms with van der Waals surface area (Å²) in [6, 6.07) is 0.391. The minimum atomic E-state index is 0.0674. The predicted molar refractivity (Wildman–Crippen MR) is 60.5 cm³/mol. The lowest BCUT2D eigenvalue weighted by Gasteiger charge is -2.33. The zero-order valence-corrected chi connectivity index (χ0v) is 10.0. The number of aryl methyl sites for hydroxylation is 1. The van der Waals surface area contributed by atoms with Gasteiger partial charge >= 0.3 is 0 Å². The largest absolute Gasteiger partial charge is 0.332 e. The van der Waals surface area contributed by atoms with Crippen LogP contribution in [-0.2, 0) is 0 Å². The summed E-state index contributed by atoms with van der Waals surface area (Å²) in [5.41, 5.74) is 1.31. The molecule has 0 aliphatic carbocycles. The van der Waals surface area contributed by atoms with E-state index in [1.807, 2.05) is 11.8 Å². The Morgan fingerprint density at radius 2 is 2.25 bits per heavy atom. The summed E-state index contributed by atoms with van der Waals surface area (Å²) in [7, 11) is 0. The van der Waals surface area contributed by atoms with Crippen LogP contribution in [0.4, 0.5) is 0 Å². The van der Waals surface area contributed by atoms with Crippen molar-refractivity contribution in [2.75, 3.05) is 26.2 Å². The molecule has 0 aromatic carbocycles. The molecule has 2 unspecified atom stereocenters. The Balaban J connectivity index is 1.83. The van der Waals surface area contributed by atoms with Gasteiger partial charge in [0.1, 0.15) is 0 Å². The highest BCUT2D eigenvalue weighted by atomic mass is 32.1. The summed E-state index contributed by atoms with van der Waals surface area (Å²) in [5, 5.41) is 0. The number of carbonyl (C=O) groups is 1. The molecule has 5 nitrogen and oxygen atoms in total. The third kappa shape index (κ3) is 1.53. The number of piperazine rings is 1. The predicted octanol–water partition coefficient (Wildman–Crippen LogP) is 0.377. The van der Waals surface area contributed by atoms with Crippen molar-refractivity contribution >= 4 is 17.6 Å². The van der Waals surface area contributed by atoms with Gasteiger partial charge in [0.05, 0.1) is 17.4 Å². The number of carbonyl (C=O) groups excluding carboxylic acids is 1. The van der Waals surface area contributed by atoms with Gasteiger partial charge in [0.25, 0.3) is 5.91 Å². The third-order valence-electron chi connectivity index (χ3n) is 3.46. The molecule has 1 aromatic rings. The Morgan fingerprint density at radius 1 is 1.38 bits per heavy atom. The molecule has 0 saturated carbocycles. The quantitative estimate of drug-likeness (QED) is 0.709. The second-order valence-corrected chi connectivity index (χ2v) is 4.97. The molecule has 0 N–H and O–H groups in total. The van der Waals surface area contributed by atoms with E-state index in [2.05, 4.69) is 13.6 Å². The summed E-state index contributed by atoms with van der Waals surface area (Å²) in [6.07, 6.45) is 1.10. The molecule has 2 aliphatic heterocycles. The Kier molecular flexibility index (Phi) is 2.40. The third-order valence-corrected chi connectivity index (χ3v) is 4.08. The molecule has 16 heavy (non-hydrogen) atoms. The number of nitrogens with zero attached hydrogens (tertiary/aromatic N) is 4. The molecule has 0 spiro atoms. The van der Waals surface area contributed by atoms with E-state index >= 15 is 0 Å². The van der Waals surface area contributed by atoms with Crippen LogP contribution in [0.2, 0.25) is 0 Å². The van der Waals surface area contributed by atoms with Crippen LogP contribution in [0.15, 0.2) is 0 Å². The number of fused-ring (bicyclic) bond motifs is 2. The summed E-state index contributed by atoms with van der Waals surface area (Å²) in [6.45, 7) is 5.84. The first-order valence-electron chi connectivity index (χ1n) is 5.58. The van der Waals surface area contributed by atoms with Crippen molar-refractivity contribution in [3.05, 3.63) is 11.4 Å². The number of rotatable bonds is 1. The van der Waals surface area contributed by atoms with Crippen molar-refractivity contribution in [1.82, 2.24) is 18.5 Å². The maximum Gasteiger partial charge on any atom is 0.275 e. The van der Waals surface area contributed by atoms with E-state index in [1.165, 1.54) is 0 Å². The standard InChI is InChI=1S/C10H14N4OS/c1-7-9(12-16-11-7)10(15)14-5-4-13-3-2-8(14)6-13/h8H,2-6H2,1H3. The molecule has 3 heterocycles. The van der Waals surface area contributed by atoms with E-state index in [0.717, 1.165) is 50.0 Å². The monoisotopic (exact) mass is 238 g/mol. The van der Waals surface area contributed by atoms with Crippen molar-refractivity contribution in [1.29, 1.82) is 0 Å². The summed E-state index contributed by atoms with van der Waals surface area (Å²) >= 11 is 1.12. The van der Waals surface area contributed by atoms with E-state index in [0.29, 0.717) is 11.7 Å². The normalized spacial score (nSPS) is 28.4. The second kappa shape index (κ2) is 3.78. The zero-order valence-electron chi connectivity index (χ0n) is 9.22. The average Bonchev–Trinajstić information content (AvgIpc) is 2.86. The van der Waals surface area contributed by atoms with Crippen LogP contribution in [0.3, 0.4) is 0 Å². The van der Waals surface area contributed by atoms with Crippen LogP contribution >= 0.6 is 11.7 Å². The van der Waals surface area contributed by atoms with Crippen molar-refractivity contribution in [2.24, 2.45) is 0 Å². The van der Waals surface area contributed by atoms with Gasteiger partial charge in [-0.1, -0.05) is 0 Å². The number of aromatic nitrogens is 2. The van der Waals surface area contributed by atoms with Crippen LogP contribution in [0.25, 0.3) is 0 Å². The smallest absolute Gasteiger partial charge is 0.275 e. The van der Waals surface area contributed by atoms with Gasteiger partial charge in [0, 0.05) is 32.2 Å². The molecule has 2 fully saturated rings. The van der Waals surface area contributed by atoms with Crippen LogP contribution in [0.1, 0.15) is 22.6 Å². The van der Waals surface area contributed by atoms with Gasteiger partial charge in [-0.3, -0.25) is 9.69 Å². The molecule has 2 atom stereocenters. The maximum absolute atomic E-state index is 12.3. The second-order valence-electron chi connectivity index (χ2n) is 4.44. The van der Waals surface area contributed by atoms with Crippen LogP contribution in [0, 0.1) is 6.92 Å². The topological polar surface area (TPSA) is 49.3 Å². The maximum atomic E-state index is 12.3. The summed E-state index contributed by atoms with van der Waals surface area (Å²) in [4.78, 5) is 16.7. The number of amides is 1. The van der Waals surface area contributed by atoms with E-state index in [4.69, 9.17) is 0 Å². The van der Waals surface area contributed by atoms with Crippen molar-refractivity contribution in [2.45, 2.75) is 19.4 Å². The molecule has 2 aliphatic rings. The highest BCUT2D eigenvalue weighted by molar-refractivity contribution is 6.99. The highest BCUT2D eigenvalue weighted by Crippen LogP contribution is 2.22. The fourth-order valence-corrected chi connectivity index (χ4v) is 3.07. The fraction of sp³-hybridized carbons (Fsp3) is 0.700. The summed E-state index contributed by atoms with van der Waals surface area (Å²) in [5.74, 6) is 0.0674. The van der Waals surface area contributed by atoms with Crippen LogP contribution < -0.4 is 0 Å². The molecule has 86 valence electrons. The Bertz CT molecular complexity index is 419. The van der Waals surface area contributed by atoms with Gasteiger partial charge in [-0.05, 0) is 13.3 Å². The van der Waals surface area contributed by atoms with Gasteiger partial charge in [-0.15, -0.1) is 0 Å². The fourth-order valence-electron chi connectivity index (χ4n) is 2.53. The lowest BCUT2D eigenvalue weighted by molar-refractivity contribution is 0.0603. The van der Waals surface area contributed by atoms with E-state index in [-0.39, 0.29) is 5.91 Å². The van der Waals surface area contributed by atoms with E-state index in [9.17, 15) is 4.79 Å². The first kappa shape index (κ1) is 10.2. The van der Waals surface area contributed by atoms with Gasteiger partial charge in [-0.25, -0.2) is 0 Å². The molecule has 1 amide bonds. The molecule has 2 saturated heterocycles. The van der Waals surface area contributed by atoms with E-state index < -0.39 is 0 Å². The van der Waals surface area contributed by atoms with Crippen LogP contribution in [-0.4, -0.2) is 56.7 Å². The van der Waals surface area contributed by atoms with Crippen molar-refractivity contribution in [3.8, 4) is 0 Å². The molecule has 0 radical (unpaired) electrons. The minimum absolute atomic E-state index is 0.0674. The minimum Gasteiger partial charge on any atom is -0.332 e.